The van der Waals surface area contributed by atoms with E-state index in [4.69, 9.17) is 9.47 Å². The fraction of sp³-hybridized carbons (Fsp3) is 0.529. The Balaban J connectivity index is 1.88. The molecule has 0 aliphatic carbocycles. The second-order valence-electron chi connectivity index (χ2n) is 5.98. The number of carboxylic acid groups (broad SMARTS) is 1. The highest BCUT2D eigenvalue weighted by Crippen LogP contribution is 2.30. The molecule has 1 saturated heterocycles. The number of aryl methyl sites for hydroxylation is 2. The molecule has 0 bridgehead atoms. The second kappa shape index (κ2) is 7.46. The molecule has 0 atom stereocenters. The molecule has 23 heavy (non-hydrogen) atoms. The van der Waals surface area contributed by atoms with Crippen molar-refractivity contribution in [1.82, 2.24) is 5.32 Å². The van der Waals surface area contributed by atoms with Crippen LogP contribution >= 0.6 is 0 Å². The second-order valence-corrected chi connectivity index (χ2v) is 5.98. The van der Waals surface area contributed by atoms with Crippen LogP contribution in [0.15, 0.2) is 18.2 Å². The van der Waals surface area contributed by atoms with Gasteiger partial charge in [0, 0.05) is 19.8 Å². The summed E-state index contributed by atoms with van der Waals surface area (Å²) < 4.78 is 10.8. The van der Waals surface area contributed by atoms with Crippen LogP contribution in [0.4, 0.5) is 0 Å². The minimum atomic E-state index is -0.938. The molecule has 126 valence electrons. The van der Waals surface area contributed by atoms with Gasteiger partial charge in [-0.05, 0) is 37.8 Å². The van der Waals surface area contributed by atoms with Crippen LogP contribution in [0.1, 0.15) is 24.0 Å². The highest BCUT2D eigenvalue weighted by atomic mass is 16.5. The van der Waals surface area contributed by atoms with Crippen molar-refractivity contribution in [3.8, 4) is 5.75 Å². The summed E-state index contributed by atoms with van der Waals surface area (Å²) >= 11 is 0. The van der Waals surface area contributed by atoms with Gasteiger partial charge in [0.05, 0.1) is 5.41 Å². The lowest BCUT2D eigenvalue weighted by atomic mass is 9.80. The molecule has 1 fully saturated rings. The van der Waals surface area contributed by atoms with Gasteiger partial charge in [0.1, 0.15) is 5.75 Å². The molecular weight excluding hydrogens is 298 g/mol. The first-order valence-corrected chi connectivity index (χ1v) is 7.71. The maximum absolute atomic E-state index is 12.0. The van der Waals surface area contributed by atoms with E-state index in [1.807, 2.05) is 32.0 Å². The number of carbonyl (C=O) groups excluding carboxylic acids is 1. The number of aliphatic carboxylic acids is 1. The van der Waals surface area contributed by atoms with Crippen LogP contribution in [0.25, 0.3) is 0 Å². The van der Waals surface area contributed by atoms with E-state index in [0.29, 0.717) is 31.8 Å². The van der Waals surface area contributed by atoms with Crippen molar-refractivity contribution in [3.05, 3.63) is 29.3 Å². The van der Waals surface area contributed by atoms with Gasteiger partial charge in [0.15, 0.2) is 6.61 Å². The number of carbonyl (C=O) groups is 2. The largest absolute Gasteiger partial charge is 0.483 e. The first kappa shape index (κ1) is 17.3. The van der Waals surface area contributed by atoms with Crippen molar-refractivity contribution in [2.75, 3.05) is 26.4 Å². The van der Waals surface area contributed by atoms with Gasteiger partial charge in [0.25, 0.3) is 5.91 Å². The number of nitrogens with one attached hydrogen (secondary N) is 1. The predicted octanol–water partition coefficient (Wildman–Crippen LogP) is 1.68. The number of carboxylic acids is 1. The lowest BCUT2D eigenvalue weighted by molar-refractivity contribution is -0.154. The minimum Gasteiger partial charge on any atom is -0.483 e. The molecule has 1 aromatic rings. The number of hydrogen-bond acceptors (Lipinski definition) is 4. The molecule has 1 amide bonds. The molecule has 6 nitrogen and oxygen atoms in total. The molecule has 2 rings (SSSR count). The summed E-state index contributed by atoms with van der Waals surface area (Å²) in [4.78, 5) is 23.5. The molecule has 0 spiro atoms. The van der Waals surface area contributed by atoms with Gasteiger partial charge in [-0.1, -0.05) is 18.2 Å². The Kier molecular flexibility index (Phi) is 5.60. The number of para-hydroxylation sites is 1. The van der Waals surface area contributed by atoms with E-state index in [1.165, 1.54) is 0 Å². The van der Waals surface area contributed by atoms with Crippen molar-refractivity contribution in [3.63, 3.8) is 0 Å². The van der Waals surface area contributed by atoms with Gasteiger partial charge < -0.3 is 19.9 Å². The van der Waals surface area contributed by atoms with E-state index < -0.39 is 11.4 Å². The van der Waals surface area contributed by atoms with E-state index in [1.54, 1.807) is 0 Å². The van der Waals surface area contributed by atoms with Gasteiger partial charge in [-0.3, -0.25) is 9.59 Å². The van der Waals surface area contributed by atoms with Gasteiger partial charge >= 0.3 is 5.97 Å². The minimum absolute atomic E-state index is 0.0979. The van der Waals surface area contributed by atoms with Crippen molar-refractivity contribution in [2.24, 2.45) is 5.41 Å². The fourth-order valence-electron chi connectivity index (χ4n) is 2.71. The van der Waals surface area contributed by atoms with Crippen LogP contribution < -0.4 is 10.1 Å². The molecule has 6 heteroatoms. The molecule has 1 aliphatic heterocycles. The lowest BCUT2D eigenvalue weighted by Crippen LogP contribution is -2.47. The monoisotopic (exact) mass is 321 g/mol. The zero-order valence-electron chi connectivity index (χ0n) is 13.6. The zero-order valence-corrected chi connectivity index (χ0v) is 13.6. The van der Waals surface area contributed by atoms with Gasteiger partial charge in [-0.25, -0.2) is 0 Å². The van der Waals surface area contributed by atoms with E-state index in [9.17, 15) is 14.7 Å². The smallest absolute Gasteiger partial charge is 0.311 e. The summed E-state index contributed by atoms with van der Waals surface area (Å²) in [6.07, 6.45) is 0.806. The fourth-order valence-corrected chi connectivity index (χ4v) is 2.71. The van der Waals surface area contributed by atoms with Gasteiger partial charge in [-0.2, -0.15) is 0 Å². The Hall–Kier alpha value is -2.08. The standard InChI is InChI=1S/C17H23NO5/c1-12-4-3-5-13(2)15(12)23-10-14(19)18-11-17(16(20)21)6-8-22-9-7-17/h3-5H,6-11H2,1-2H3,(H,18,19)(H,20,21). The number of ether oxygens (including phenoxy) is 2. The Morgan fingerprint density at radius 2 is 1.87 bits per heavy atom. The molecule has 2 N–H and O–H groups in total. The normalized spacial score (nSPS) is 16.6. The average molecular weight is 321 g/mol. The third kappa shape index (κ3) is 4.22. The van der Waals surface area contributed by atoms with Crippen LogP contribution in [0.3, 0.4) is 0 Å². The number of amides is 1. The Bertz CT molecular complexity index is 558. The highest BCUT2D eigenvalue weighted by molar-refractivity contribution is 5.80. The summed E-state index contributed by atoms with van der Waals surface area (Å²) in [6, 6.07) is 5.77. The molecule has 0 aromatic heterocycles. The Morgan fingerprint density at radius 1 is 1.26 bits per heavy atom. The SMILES string of the molecule is Cc1cccc(C)c1OCC(=O)NCC1(C(=O)O)CCOCC1. The molecule has 1 aliphatic rings. The first-order chi connectivity index (χ1) is 10.9. The topological polar surface area (TPSA) is 84.9 Å². The Morgan fingerprint density at radius 3 is 2.43 bits per heavy atom. The van der Waals surface area contributed by atoms with Crippen molar-refractivity contribution in [2.45, 2.75) is 26.7 Å². The molecule has 0 saturated carbocycles. The molecule has 1 heterocycles. The van der Waals surface area contributed by atoms with E-state index in [-0.39, 0.29) is 19.1 Å². The van der Waals surface area contributed by atoms with E-state index >= 15 is 0 Å². The van der Waals surface area contributed by atoms with Gasteiger partial charge in [-0.15, -0.1) is 0 Å². The van der Waals surface area contributed by atoms with Crippen LogP contribution in [-0.4, -0.2) is 43.3 Å². The summed E-state index contributed by atoms with van der Waals surface area (Å²) in [7, 11) is 0. The average Bonchev–Trinajstić information content (AvgIpc) is 2.53. The van der Waals surface area contributed by atoms with E-state index in [0.717, 1.165) is 11.1 Å². The highest BCUT2D eigenvalue weighted by Gasteiger charge is 2.40. The number of hydrogen-bond donors (Lipinski definition) is 2. The summed E-state index contributed by atoms with van der Waals surface area (Å²) in [5.41, 5.74) is 0.987. The quantitative estimate of drug-likeness (QED) is 0.833. The molecule has 1 aromatic carbocycles. The van der Waals surface area contributed by atoms with Crippen LogP contribution in [0, 0.1) is 19.3 Å². The van der Waals surface area contributed by atoms with Crippen molar-refractivity contribution >= 4 is 11.9 Å². The lowest BCUT2D eigenvalue weighted by Gasteiger charge is -2.33. The molecule has 0 radical (unpaired) electrons. The zero-order chi connectivity index (χ0) is 16.9. The maximum atomic E-state index is 12.0. The first-order valence-electron chi connectivity index (χ1n) is 7.71. The Labute approximate surface area is 135 Å². The summed E-state index contributed by atoms with van der Waals surface area (Å²) in [5.74, 6) is -0.516. The van der Waals surface area contributed by atoms with E-state index in [2.05, 4.69) is 5.32 Å². The maximum Gasteiger partial charge on any atom is 0.311 e. The molecule has 0 unspecified atom stereocenters. The number of rotatable bonds is 6. The van der Waals surface area contributed by atoms with Crippen LogP contribution in [0.2, 0.25) is 0 Å². The predicted molar refractivity (Wildman–Crippen MR) is 84.5 cm³/mol. The van der Waals surface area contributed by atoms with Gasteiger partial charge in [0.2, 0.25) is 0 Å². The summed E-state index contributed by atoms with van der Waals surface area (Å²) in [5, 5.41) is 12.1. The third-order valence-corrected chi connectivity index (χ3v) is 4.28. The summed E-state index contributed by atoms with van der Waals surface area (Å²) in [6.45, 7) is 4.62. The van der Waals surface area contributed by atoms with Crippen LogP contribution in [0.5, 0.6) is 5.75 Å². The van der Waals surface area contributed by atoms with Crippen molar-refractivity contribution in [1.29, 1.82) is 0 Å². The molecular formula is C17H23NO5. The third-order valence-electron chi connectivity index (χ3n) is 4.28. The van der Waals surface area contributed by atoms with Crippen molar-refractivity contribution < 1.29 is 24.2 Å². The number of benzene rings is 1. The van der Waals surface area contributed by atoms with Crippen LogP contribution in [-0.2, 0) is 14.3 Å².